The molecule has 0 aliphatic carbocycles. The Labute approximate surface area is 137 Å². The number of methoxy groups -OCH3 is 1. The van der Waals surface area contributed by atoms with E-state index in [1.54, 1.807) is 25.1 Å². The third-order valence-electron chi connectivity index (χ3n) is 3.06. The van der Waals surface area contributed by atoms with Crippen molar-refractivity contribution in [2.75, 3.05) is 19.0 Å². The molecule has 0 aliphatic heterocycles. The number of hydrogen-bond acceptors (Lipinski definition) is 5. The van der Waals surface area contributed by atoms with Gasteiger partial charge in [-0.15, -0.1) is 11.3 Å². The number of carboxylic acid groups (broad SMARTS) is 1. The molecule has 1 aromatic carbocycles. The van der Waals surface area contributed by atoms with Gasteiger partial charge in [-0.3, -0.25) is 4.79 Å². The van der Waals surface area contributed by atoms with Gasteiger partial charge < -0.3 is 19.9 Å². The fourth-order valence-electron chi connectivity index (χ4n) is 1.99. The largest absolute Gasteiger partial charge is 0.495 e. The number of carbonyl (C=O) groups excluding carboxylic acids is 1. The summed E-state index contributed by atoms with van der Waals surface area (Å²) in [7, 11) is 1.53. The molecular formula is C16H17NO5S. The lowest BCUT2D eigenvalue weighted by Crippen LogP contribution is -2.13. The van der Waals surface area contributed by atoms with Gasteiger partial charge in [0.15, 0.2) is 6.61 Å². The van der Waals surface area contributed by atoms with Crippen LogP contribution in [0.5, 0.6) is 11.5 Å². The number of hydrogen-bond donors (Lipinski definition) is 2. The summed E-state index contributed by atoms with van der Waals surface area (Å²) in [6, 6.07) is 6.78. The lowest BCUT2D eigenvalue weighted by atomic mass is 10.2. The first kappa shape index (κ1) is 16.8. The maximum absolute atomic E-state index is 12.4. The Kier molecular flexibility index (Phi) is 5.23. The molecule has 1 amide bonds. The molecule has 1 heterocycles. The molecule has 2 aromatic rings. The molecule has 0 radical (unpaired) electrons. The fourth-order valence-corrected chi connectivity index (χ4v) is 2.87. The van der Waals surface area contributed by atoms with Gasteiger partial charge in [0.1, 0.15) is 16.4 Å². The van der Waals surface area contributed by atoms with Crippen molar-refractivity contribution in [1.29, 1.82) is 0 Å². The van der Waals surface area contributed by atoms with Crippen LogP contribution in [-0.2, 0) is 4.79 Å². The van der Waals surface area contributed by atoms with Gasteiger partial charge in [0.25, 0.3) is 5.91 Å². The summed E-state index contributed by atoms with van der Waals surface area (Å²) in [4.78, 5) is 24.4. The monoisotopic (exact) mass is 335 g/mol. The van der Waals surface area contributed by atoms with Crippen molar-refractivity contribution >= 4 is 28.9 Å². The molecule has 0 spiro atoms. The SMILES string of the molecule is COc1cc(C)sc1C(=O)Nc1ccc(OCC(=O)O)cc1C. The van der Waals surface area contributed by atoms with Crippen LogP contribution in [0.25, 0.3) is 0 Å². The lowest BCUT2D eigenvalue weighted by Gasteiger charge is -2.10. The number of nitrogens with one attached hydrogen (secondary N) is 1. The summed E-state index contributed by atoms with van der Waals surface area (Å²) < 4.78 is 10.3. The Bertz CT molecular complexity index is 738. The normalized spacial score (nSPS) is 10.2. The zero-order chi connectivity index (χ0) is 17.0. The van der Waals surface area contributed by atoms with Crippen LogP contribution in [0.4, 0.5) is 5.69 Å². The van der Waals surface area contributed by atoms with Crippen LogP contribution in [0.1, 0.15) is 20.1 Å². The van der Waals surface area contributed by atoms with Crippen molar-refractivity contribution in [3.63, 3.8) is 0 Å². The highest BCUT2D eigenvalue weighted by Gasteiger charge is 2.16. The number of benzene rings is 1. The van der Waals surface area contributed by atoms with Crippen LogP contribution in [0, 0.1) is 13.8 Å². The third-order valence-corrected chi connectivity index (χ3v) is 4.09. The minimum atomic E-state index is -1.04. The first-order valence-corrected chi connectivity index (χ1v) is 7.63. The second-order valence-electron chi connectivity index (χ2n) is 4.87. The van der Waals surface area contributed by atoms with Gasteiger partial charge >= 0.3 is 5.97 Å². The van der Waals surface area contributed by atoms with E-state index in [9.17, 15) is 9.59 Å². The first-order valence-electron chi connectivity index (χ1n) is 6.81. The number of thiophene rings is 1. The summed E-state index contributed by atoms with van der Waals surface area (Å²) in [5.74, 6) is -0.307. The molecule has 0 aliphatic rings. The smallest absolute Gasteiger partial charge is 0.341 e. The summed E-state index contributed by atoms with van der Waals surface area (Å²) in [5.41, 5.74) is 1.40. The molecule has 7 heteroatoms. The minimum Gasteiger partial charge on any atom is -0.495 e. The van der Waals surface area contributed by atoms with Crippen molar-refractivity contribution in [2.24, 2.45) is 0 Å². The first-order chi connectivity index (χ1) is 10.9. The minimum absolute atomic E-state index is 0.248. The maximum Gasteiger partial charge on any atom is 0.341 e. The summed E-state index contributed by atoms with van der Waals surface area (Å²) in [6.07, 6.45) is 0. The van der Waals surface area contributed by atoms with Gasteiger partial charge in [-0.2, -0.15) is 0 Å². The van der Waals surface area contributed by atoms with E-state index in [0.717, 1.165) is 10.4 Å². The van der Waals surface area contributed by atoms with E-state index in [0.29, 0.717) is 22.1 Å². The lowest BCUT2D eigenvalue weighted by molar-refractivity contribution is -0.139. The number of rotatable bonds is 6. The van der Waals surface area contributed by atoms with Gasteiger partial charge in [0.05, 0.1) is 7.11 Å². The second-order valence-corrected chi connectivity index (χ2v) is 6.12. The van der Waals surface area contributed by atoms with Gasteiger partial charge in [0, 0.05) is 10.6 Å². The number of carbonyl (C=O) groups is 2. The van der Waals surface area contributed by atoms with E-state index < -0.39 is 12.6 Å². The van der Waals surface area contributed by atoms with E-state index >= 15 is 0 Å². The quantitative estimate of drug-likeness (QED) is 0.847. The van der Waals surface area contributed by atoms with Crippen molar-refractivity contribution in [2.45, 2.75) is 13.8 Å². The van der Waals surface area contributed by atoms with Crippen LogP contribution in [0.15, 0.2) is 24.3 Å². The Morgan fingerprint density at radius 2 is 2.00 bits per heavy atom. The highest BCUT2D eigenvalue weighted by molar-refractivity contribution is 7.14. The number of amides is 1. The van der Waals surface area contributed by atoms with Crippen LogP contribution in [-0.4, -0.2) is 30.7 Å². The highest BCUT2D eigenvalue weighted by Crippen LogP contribution is 2.30. The highest BCUT2D eigenvalue weighted by atomic mass is 32.1. The van der Waals surface area contributed by atoms with Crippen molar-refractivity contribution < 1.29 is 24.2 Å². The van der Waals surface area contributed by atoms with Crippen LogP contribution in [0.2, 0.25) is 0 Å². The maximum atomic E-state index is 12.4. The molecule has 0 saturated heterocycles. The predicted molar refractivity (Wildman–Crippen MR) is 87.9 cm³/mol. The molecule has 0 bridgehead atoms. The van der Waals surface area contributed by atoms with Crippen LogP contribution < -0.4 is 14.8 Å². The van der Waals surface area contributed by atoms with Gasteiger partial charge in [-0.05, 0) is 43.7 Å². The molecule has 0 unspecified atom stereocenters. The molecule has 23 heavy (non-hydrogen) atoms. The second kappa shape index (κ2) is 7.15. The van der Waals surface area contributed by atoms with Gasteiger partial charge in [0.2, 0.25) is 0 Å². The average Bonchev–Trinajstić information content (AvgIpc) is 2.88. The predicted octanol–water partition coefficient (Wildman–Crippen LogP) is 3.09. The zero-order valence-corrected chi connectivity index (χ0v) is 13.8. The average molecular weight is 335 g/mol. The number of anilines is 1. The molecule has 0 saturated carbocycles. The van der Waals surface area contributed by atoms with E-state index in [4.69, 9.17) is 14.6 Å². The standard InChI is InChI=1S/C16H17NO5S/c1-9-6-11(22-8-14(18)19)4-5-12(9)17-16(20)15-13(21-3)7-10(2)23-15/h4-7H,8H2,1-3H3,(H,17,20)(H,18,19). The van der Waals surface area contributed by atoms with Crippen molar-refractivity contribution in [3.05, 3.63) is 39.6 Å². The van der Waals surface area contributed by atoms with Crippen LogP contribution >= 0.6 is 11.3 Å². The van der Waals surface area contributed by atoms with E-state index in [2.05, 4.69) is 5.32 Å². The van der Waals surface area contributed by atoms with Crippen molar-refractivity contribution in [3.8, 4) is 11.5 Å². The molecule has 1 aromatic heterocycles. The molecule has 2 rings (SSSR count). The number of carboxylic acids is 1. The molecule has 6 nitrogen and oxygen atoms in total. The molecular weight excluding hydrogens is 318 g/mol. The summed E-state index contributed by atoms with van der Waals surface area (Å²) >= 11 is 1.36. The molecule has 0 atom stereocenters. The van der Waals surface area contributed by atoms with E-state index in [1.165, 1.54) is 18.4 Å². The van der Waals surface area contributed by atoms with E-state index in [-0.39, 0.29) is 5.91 Å². The van der Waals surface area contributed by atoms with Crippen molar-refractivity contribution in [1.82, 2.24) is 0 Å². The Morgan fingerprint density at radius 1 is 1.26 bits per heavy atom. The van der Waals surface area contributed by atoms with E-state index in [1.807, 2.05) is 13.0 Å². The van der Waals surface area contributed by atoms with Crippen LogP contribution in [0.3, 0.4) is 0 Å². The Hall–Kier alpha value is -2.54. The van der Waals surface area contributed by atoms with Gasteiger partial charge in [-0.1, -0.05) is 0 Å². The summed E-state index contributed by atoms with van der Waals surface area (Å²) in [6.45, 7) is 3.31. The fraction of sp³-hybridized carbons (Fsp3) is 0.250. The zero-order valence-electron chi connectivity index (χ0n) is 13.0. The summed E-state index contributed by atoms with van der Waals surface area (Å²) in [5, 5.41) is 11.4. The number of aliphatic carboxylic acids is 1. The topological polar surface area (TPSA) is 84.9 Å². The molecule has 2 N–H and O–H groups in total. The van der Waals surface area contributed by atoms with Gasteiger partial charge in [-0.25, -0.2) is 4.79 Å². The number of aryl methyl sites for hydroxylation is 2. The molecule has 0 fully saturated rings. The third kappa shape index (κ3) is 4.23. The Morgan fingerprint density at radius 3 is 2.61 bits per heavy atom. The Balaban J connectivity index is 2.13. The molecule has 122 valence electrons. The number of ether oxygens (including phenoxy) is 2.